The minimum absolute atomic E-state index is 0.0124. The molecular weight excluding hydrogens is 1120 g/mol. The van der Waals surface area contributed by atoms with E-state index in [-0.39, 0.29) is 46.1 Å². The molecule has 2 unspecified atom stereocenters. The van der Waals surface area contributed by atoms with Gasteiger partial charge in [0.2, 0.25) is 0 Å². The van der Waals surface area contributed by atoms with Crippen molar-refractivity contribution in [1.82, 2.24) is 15.5 Å². The maximum Gasteiger partial charge on any atom is 0.410 e. The Kier molecular flexibility index (Phi) is 22.7. The lowest BCUT2D eigenvalue weighted by Crippen LogP contribution is -2.71. The second-order valence-corrected chi connectivity index (χ2v) is 21.9. The van der Waals surface area contributed by atoms with Gasteiger partial charge >= 0.3 is 18.3 Å². The number of aliphatic hydroxyl groups is 3. The Hall–Kier alpha value is -7.96. The molecule has 15 atom stereocenters. The standard InChI is InChI=1S/C65H74N6O16/c1-42(69-70-66)53-56(78-35-43-22-10-4-11-23-43)57(79-36-44-24-12-5-13-25-44)58(80-37-45-26-14-6-15-27-45)61(85-53)87-55-50(68-63(75)82-39-47-30-18-8-19-31-47)34-49(67-62(74)81-38-46-28-16-7-17-29-46)54(51(55)72)86-60-52(73)59(65(2,77)41-84-60)71(3)64(76)83-40-48-32-20-9-21-33-48/h4-33,42,49-61,72-73,77H,34-41H2,1-3H3,(H,67,74)(H,68,75)/t42-,49-,50+,51-,52-,53-,54+,55-,56?,57?,58-,59-,60-,61-,65+/m1/s1. The molecule has 0 spiro atoms. The zero-order valence-electron chi connectivity index (χ0n) is 48.5. The quantitative estimate of drug-likeness (QED) is 0.0165. The van der Waals surface area contributed by atoms with Crippen molar-refractivity contribution in [3.05, 3.63) is 226 Å². The lowest BCUT2D eigenvalue weighted by Gasteiger charge is -2.51. The highest BCUT2D eigenvalue weighted by molar-refractivity contribution is 5.69. The smallest absolute Gasteiger partial charge is 0.410 e. The summed E-state index contributed by atoms with van der Waals surface area (Å²) in [4.78, 5) is 46.1. The number of nitrogens with zero attached hydrogens (tertiary/aromatic N) is 4. The third kappa shape index (κ3) is 17.4. The summed E-state index contributed by atoms with van der Waals surface area (Å²) in [6.07, 6.45) is -17.7. The van der Waals surface area contributed by atoms with Crippen LogP contribution in [-0.2, 0) is 87.0 Å². The SMILES string of the molecule is C[C@@H](N=[N+]=[N-])[C@H]1O[C@H](O[C@H]2[C@H](O)[C@@H](O[C@H]3OC[C@](C)(O)[C@H](N(C)C(=O)OCc4ccccc4)[C@H]3O)[C@H](NC(=O)OCc3ccccc3)C[C@@H]2NC(=O)OCc2ccccc2)[C@H](OCc2ccccc2)C(OCc2ccccc2)C1OCc1ccccc1. The molecule has 87 heavy (non-hydrogen) atoms. The van der Waals surface area contributed by atoms with E-state index in [9.17, 15) is 35.2 Å². The van der Waals surface area contributed by atoms with Crippen molar-refractivity contribution in [2.75, 3.05) is 13.7 Å². The average molecular weight is 1200 g/mol. The molecule has 3 aliphatic rings. The van der Waals surface area contributed by atoms with E-state index in [1.807, 2.05) is 109 Å². The minimum atomic E-state index is -1.91. The first-order chi connectivity index (χ1) is 42.2. The van der Waals surface area contributed by atoms with E-state index in [2.05, 4.69) is 20.7 Å². The van der Waals surface area contributed by atoms with Crippen LogP contribution in [0.5, 0.6) is 0 Å². The van der Waals surface area contributed by atoms with Crippen LogP contribution in [0.15, 0.2) is 187 Å². The number of amides is 3. The molecule has 9 rings (SSSR count). The maximum atomic E-state index is 14.2. The van der Waals surface area contributed by atoms with Gasteiger partial charge in [-0.25, -0.2) is 14.4 Å². The van der Waals surface area contributed by atoms with Gasteiger partial charge in [-0.15, -0.1) is 0 Å². The van der Waals surface area contributed by atoms with Gasteiger partial charge in [-0.05, 0) is 52.3 Å². The highest BCUT2D eigenvalue weighted by Gasteiger charge is 2.57. The van der Waals surface area contributed by atoms with Crippen LogP contribution in [0, 0.1) is 0 Å². The summed E-state index contributed by atoms with van der Waals surface area (Å²) < 4.78 is 64.3. The fraction of sp³-hybridized carbons (Fsp3) is 0.400. The highest BCUT2D eigenvalue weighted by atomic mass is 16.7. The number of benzene rings is 6. The Morgan fingerprint density at radius 3 is 1.38 bits per heavy atom. The van der Waals surface area contributed by atoms with Gasteiger partial charge in [0.15, 0.2) is 12.6 Å². The number of carbonyl (C=O) groups excluding carboxylic acids is 3. The van der Waals surface area contributed by atoms with Gasteiger partial charge in [0.1, 0.15) is 68.1 Å². The summed E-state index contributed by atoms with van der Waals surface area (Å²) in [5, 5.41) is 47.0. The van der Waals surface area contributed by atoms with Crippen LogP contribution in [-0.4, -0.2) is 143 Å². The van der Waals surface area contributed by atoms with E-state index >= 15 is 0 Å². The molecule has 460 valence electrons. The molecule has 22 nitrogen and oxygen atoms in total. The molecule has 2 aliphatic heterocycles. The highest BCUT2D eigenvalue weighted by Crippen LogP contribution is 2.38. The predicted octanol–water partition coefficient (Wildman–Crippen LogP) is 8.40. The Morgan fingerprint density at radius 2 is 0.954 bits per heavy atom. The van der Waals surface area contributed by atoms with Gasteiger partial charge < -0.3 is 78.2 Å². The lowest BCUT2D eigenvalue weighted by molar-refractivity contribution is -0.349. The zero-order valence-corrected chi connectivity index (χ0v) is 48.5. The summed E-state index contributed by atoms with van der Waals surface area (Å²) in [6, 6.07) is 50.1. The summed E-state index contributed by atoms with van der Waals surface area (Å²) in [5.74, 6) is 0. The second kappa shape index (κ2) is 31.1. The summed E-state index contributed by atoms with van der Waals surface area (Å²) in [7, 11) is 1.35. The number of carbonyl (C=O) groups is 3. The number of aliphatic hydroxyl groups excluding tert-OH is 2. The maximum absolute atomic E-state index is 14.2. The van der Waals surface area contributed by atoms with E-state index in [0.717, 1.165) is 21.6 Å². The number of likely N-dealkylation sites (N-methyl/N-ethyl adjacent to an activating group) is 1. The third-order valence-corrected chi connectivity index (χ3v) is 15.4. The topological polar surface area (TPSA) is 280 Å². The fourth-order valence-corrected chi connectivity index (χ4v) is 11.0. The third-order valence-electron chi connectivity index (χ3n) is 15.4. The van der Waals surface area contributed by atoms with Crippen LogP contribution in [0.1, 0.15) is 53.6 Å². The van der Waals surface area contributed by atoms with E-state index in [1.165, 1.54) is 14.0 Å². The molecule has 0 bridgehead atoms. The van der Waals surface area contributed by atoms with E-state index in [0.29, 0.717) is 16.7 Å². The van der Waals surface area contributed by atoms with Crippen LogP contribution in [0.25, 0.3) is 10.4 Å². The second-order valence-electron chi connectivity index (χ2n) is 21.9. The molecule has 1 aliphatic carbocycles. The average Bonchev–Trinajstić information content (AvgIpc) is 1.93. The predicted molar refractivity (Wildman–Crippen MR) is 314 cm³/mol. The zero-order chi connectivity index (χ0) is 61.1. The normalized spacial score (nSPS) is 27.3. The molecule has 6 aromatic carbocycles. The number of hydrogen-bond donors (Lipinski definition) is 5. The molecule has 3 fully saturated rings. The van der Waals surface area contributed by atoms with Gasteiger partial charge in [-0.3, -0.25) is 0 Å². The van der Waals surface area contributed by atoms with Crippen LogP contribution in [0.4, 0.5) is 14.4 Å². The first-order valence-electron chi connectivity index (χ1n) is 28.8. The number of hydrogen-bond acceptors (Lipinski definition) is 17. The molecule has 5 N–H and O–H groups in total. The molecule has 22 heteroatoms. The molecule has 2 saturated heterocycles. The Balaban J connectivity index is 1.09. The van der Waals surface area contributed by atoms with E-state index in [4.69, 9.17) is 47.4 Å². The molecule has 6 aromatic rings. The Labute approximate surface area is 504 Å². The van der Waals surface area contributed by atoms with Crippen molar-refractivity contribution in [3.63, 3.8) is 0 Å². The van der Waals surface area contributed by atoms with Crippen molar-refractivity contribution in [2.45, 2.75) is 151 Å². The van der Waals surface area contributed by atoms with Gasteiger partial charge in [-0.1, -0.05) is 194 Å². The van der Waals surface area contributed by atoms with Crippen molar-refractivity contribution in [2.24, 2.45) is 5.11 Å². The number of alkyl carbamates (subject to hydrolysis) is 2. The van der Waals surface area contributed by atoms with E-state index in [1.54, 1.807) is 79.7 Å². The largest absolute Gasteiger partial charge is 0.445 e. The Bertz CT molecular complexity index is 3120. The van der Waals surface area contributed by atoms with Crippen molar-refractivity contribution >= 4 is 18.3 Å². The molecule has 2 heterocycles. The first-order valence-corrected chi connectivity index (χ1v) is 28.8. The molecule has 0 radical (unpaired) electrons. The van der Waals surface area contributed by atoms with Crippen molar-refractivity contribution < 1.29 is 77.1 Å². The summed E-state index contributed by atoms with van der Waals surface area (Å²) >= 11 is 0. The number of ether oxygens (including phenoxy) is 10. The van der Waals surface area contributed by atoms with Crippen LogP contribution in [0.3, 0.4) is 0 Å². The monoisotopic (exact) mass is 1190 g/mol. The fourth-order valence-electron chi connectivity index (χ4n) is 11.0. The van der Waals surface area contributed by atoms with Gasteiger partial charge in [-0.2, -0.15) is 0 Å². The first kappa shape index (κ1) is 63.5. The van der Waals surface area contributed by atoms with Gasteiger partial charge in [0, 0.05) is 12.0 Å². The van der Waals surface area contributed by atoms with Crippen molar-refractivity contribution in [1.29, 1.82) is 0 Å². The molecule has 0 aromatic heterocycles. The summed E-state index contributed by atoms with van der Waals surface area (Å²) in [6.45, 7) is 2.24. The van der Waals surface area contributed by atoms with Crippen LogP contribution in [0.2, 0.25) is 0 Å². The molecule has 3 amide bonds. The van der Waals surface area contributed by atoms with Crippen molar-refractivity contribution in [3.8, 4) is 0 Å². The van der Waals surface area contributed by atoms with E-state index < -0.39 is 116 Å². The number of azide groups is 1. The Morgan fingerprint density at radius 1 is 0.575 bits per heavy atom. The molecule has 1 saturated carbocycles. The number of rotatable bonds is 24. The summed E-state index contributed by atoms with van der Waals surface area (Å²) in [5.41, 5.74) is 12.5. The van der Waals surface area contributed by atoms with Gasteiger partial charge in [0.25, 0.3) is 0 Å². The molecular formula is C65H74N6O16. The van der Waals surface area contributed by atoms with Crippen LogP contribution < -0.4 is 10.6 Å². The number of nitrogens with one attached hydrogen (secondary N) is 2. The van der Waals surface area contributed by atoms with Gasteiger partial charge in [0.05, 0.1) is 56.7 Å². The lowest BCUT2D eigenvalue weighted by atomic mass is 9.83. The minimum Gasteiger partial charge on any atom is -0.445 e. The van der Waals surface area contributed by atoms with Crippen LogP contribution >= 0.6 is 0 Å².